The van der Waals surface area contributed by atoms with Crippen LogP contribution in [0.15, 0.2) is 72.9 Å². The number of rotatable bonds is 5. The van der Waals surface area contributed by atoms with Crippen LogP contribution in [0, 0.1) is 0 Å². The number of carbonyl (C=O) groups excluding carboxylic acids is 2. The van der Waals surface area contributed by atoms with E-state index in [0.717, 1.165) is 16.8 Å². The van der Waals surface area contributed by atoms with E-state index in [0.29, 0.717) is 32.7 Å². The fourth-order valence-electron chi connectivity index (χ4n) is 3.74. The molecule has 158 valence electrons. The highest BCUT2D eigenvalue weighted by molar-refractivity contribution is 5.93. The first kappa shape index (κ1) is 20.6. The molecule has 1 aromatic heterocycles. The quantitative estimate of drug-likeness (QED) is 0.602. The van der Waals surface area contributed by atoms with Gasteiger partial charge < -0.3 is 9.80 Å². The lowest BCUT2D eigenvalue weighted by Crippen LogP contribution is -2.49. The van der Waals surface area contributed by atoms with Crippen molar-refractivity contribution in [1.82, 2.24) is 19.6 Å². The van der Waals surface area contributed by atoms with Crippen LogP contribution >= 0.6 is 0 Å². The Bertz CT molecular complexity index is 1070. The number of amides is 2. The smallest absolute Gasteiger partial charge is 0.246 e. The summed E-state index contributed by atoms with van der Waals surface area (Å²) in [6.45, 7) is 4.51. The van der Waals surface area contributed by atoms with Crippen LogP contribution < -0.4 is 0 Å². The first-order valence-electron chi connectivity index (χ1n) is 10.5. The number of nitrogens with zero attached hydrogens (tertiary/aromatic N) is 4. The first-order chi connectivity index (χ1) is 15.1. The van der Waals surface area contributed by atoms with E-state index in [4.69, 9.17) is 5.10 Å². The second-order valence-corrected chi connectivity index (χ2v) is 7.65. The highest BCUT2D eigenvalue weighted by Crippen LogP contribution is 2.23. The Kier molecular flexibility index (Phi) is 6.26. The average Bonchev–Trinajstić information content (AvgIpc) is 3.21. The van der Waals surface area contributed by atoms with Crippen LogP contribution in [0.2, 0.25) is 0 Å². The zero-order valence-corrected chi connectivity index (χ0v) is 17.6. The van der Waals surface area contributed by atoms with Crippen molar-refractivity contribution in [3.63, 3.8) is 0 Å². The standard InChI is InChI=1S/C25H26N4O2/c1-20(30)27-14-16-28(17-15-27)24(31)13-12-23-19-29(18-21-8-4-2-5-9-21)26-25(23)22-10-6-3-7-11-22/h2-13,19H,14-18H2,1H3/b13-12+. The monoisotopic (exact) mass is 414 g/mol. The zero-order valence-electron chi connectivity index (χ0n) is 17.6. The van der Waals surface area contributed by atoms with Gasteiger partial charge in [0.25, 0.3) is 0 Å². The van der Waals surface area contributed by atoms with Crippen LogP contribution in [-0.4, -0.2) is 57.6 Å². The van der Waals surface area contributed by atoms with Gasteiger partial charge in [0.05, 0.1) is 12.2 Å². The maximum Gasteiger partial charge on any atom is 0.246 e. The Balaban J connectivity index is 1.53. The molecule has 1 aliphatic heterocycles. The molecule has 0 spiro atoms. The number of aromatic nitrogens is 2. The molecule has 31 heavy (non-hydrogen) atoms. The molecular formula is C25H26N4O2. The van der Waals surface area contributed by atoms with E-state index in [1.54, 1.807) is 22.8 Å². The summed E-state index contributed by atoms with van der Waals surface area (Å²) in [5.41, 5.74) is 3.93. The molecule has 2 heterocycles. The molecule has 0 unspecified atom stereocenters. The van der Waals surface area contributed by atoms with E-state index in [-0.39, 0.29) is 11.8 Å². The fourth-order valence-corrected chi connectivity index (χ4v) is 3.74. The molecule has 0 saturated carbocycles. The topological polar surface area (TPSA) is 58.4 Å². The molecule has 1 saturated heterocycles. The summed E-state index contributed by atoms with van der Waals surface area (Å²) < 4.78 is 1.91. The molecule has 6 nitrogen and oxygen atoms in total. The van der Waals surface area contributed by atoms with Gasteiger partial charge in [0.1, 0.15) is 0 Å². The van der Waals surface area contributed by atoms with Crippen molar-refractivity contribution in [3.8, 4) is 11.3 Å². The summed E-state index contributed by atoms with van der Waals surface area (Å²) in [5.74, 6) is 0.0130. The highest BCUT2D eigenvalue weighted by Gasteiger charge is 2.21. The summed E-state index contributed by atoms with van der Waals surface area (Å²) in [6, 6.07) is 20.2. The van der Waals surface area contributed by atoms with Crippen LogP contribution in [-0.2, 0) is 16.1 Å². The molecule has 1 aliphatic rings. The lowest BCUT2D eigenvalue weighted by molar-refractivity contribution is -0.135. The second-order valence-electron chi connectivity index (χ2n) is 7.65. The Morgan fingerprint density at radius 2 is 1.52 bits per heavy atom. The van der Waals surface area contributed by atoms with E-state index < -0.39 is 0 Å². The van der Waals surface area contributed by atoms with Gasteiger partial charge in [0.15, 0.2) is 0 Å². The SMILES string of the molecule is CC(=O)N1CCN(C(=O)/C=C/c2cn(Cc3ccccc3)nc2-c2ccccc2)CC1. The summed E-state index contributed by atoms with van der Waals surface area (Å²) in [4.78, 5) is 27.7. The summed E-state index contributed by atoms with van der Waals surface area (Å²) in [7, 11) is 0. The van der Waals surface area contributed by atoms with Crippen LogP contribution in [0.5, 0.6) is 0 Å². The molecule has 2 aromatic carbocycles. The lowest BCUT2D eigenvalue weighted by atomic mass is 10.1. The maximum absolute atomic E-state index is 12.7. The summed E-state index contributed by atoms with van der Waals surface area (Å²) in [5, 5.41) is 4.79. The molecule has 0 bridgehead atoms. The highest BCUT2D eigenvalue weighted by atomic mass is 16.2. The summed E-state index contributed by atoms with van der Waals surface area (Å²) >= 11 is 0. The van der Waals surface area contributed by atoms with Crippen LogP contribution in [0.3, 0.4) is 0 Å². The van der Waals surface area contributed by atoms with Gasteiger partial charge in [0, 0.05) is 56.5 Å². The van der Waals surface area contributed by atoms with E-state index >= 15 is 0 Å². The van der Waals surface area contributed by atoms with Gasteiger partial charge in [0.2, 0.25) is 11.8 Å². The van der Waals surface area contributed by atoms with Crippen molar-refractivity contribution in [2.24, 2.45) is 0 Å². The predicted molar refractivity (Wildman–Crippen MR) is 121 cm³/mol. The lowest BCUT2D eigenvalue weighted by Gasteiger charge is -2.33. The number of piperazine rings is 1. The van der Waals surface area contributed by atoms with Gasteiger partial charge in [-0.2, -0.15) is 5.10 Å². The van der Waals surface area contributed by atoms with Gasteiger partial charge >= 0.3 is 0 Å². The zero-order chi connectivity index (χ0) is 21.6. The van der Waals surface area contributed by atoms with Gasteiger partial charge in [-0.05, 0) is 11.6 Å². The summed E-state index contributed by atoms with van der Waals surface area (Å²) in [6.07, 6.45) is 5.43. The minimum Gasteiger partial charge on any atom is -0.339 e. The predicted octanol–water partition coefficient (Wildman–Crippen LogP) is 3.30. The molecule has 6 heteroatoms. The minimum atomic E-state index is -0.0435. The maximum atomic E-state index is 12.7. The van der Waals surface area contributed by atoms with Crippen LogP contribution in [0.25, 0.3) is 17.3 Å². The number of hydrogen-bond acceptors (Lipinski definition) is 3. The molecule has 1 fully saturated rings. The average molecular weight is 415 g/mol. The van der Waals surface area contributed by atoms with Crippen LogP contribution in [0.4, 0.5) is 0 Å². The van der Waals surface area contributed by atoms with Crippen molar-refractivity contribution in [2.75, 3.05) is 26.2 Å². The molecule has 0 atom stereocenters. The van der Waals surface area contributed by atoms with E-state index in [1.165, 1.54) is 5.56 Å². The largest absolute Gasteiger partial charge is 0.339 e. The molecule has 3 aromatic rings. The molecule has 0 N–H and O–H groups in total. The number of carbonyl (C=O) groups is 2. The Hall–Kier alpha value is -3.67. The van der Waals surface area contributed by atoms with E-state index in [2.05, 4.69) is 12.1 Å². The van der Waals surface area contributed by atoms with Crippen molar-refractivity contribution in [3.05, 3.63) is 84.1 Å². The Morgan fingerprint density at radius 1 is 0.903 bits per heavy atom. The van der Waals surface area contributed by atoms with Crippen molar-refractivity contribution < 1.29 is 9.59 Å². The molecule has 4 rings (SSSR count). The third-order valence-electron chi connectivity index (χ3n) is 5.47. The fraction of sp³-hybridized carbons (Fsp3) is 0.240. The minimum absolute atomic E-state index is 0.0435. The number of hydrogen-bond donors (Lipinski definition) is 0. The van der Waals surface area contributed by atoms with E-state index in [9.17, 15) is 9.59 Å². The third-order valence-corrected chi connectivity index (χ3v) is 5.47. The third kappa shape index (κ3) is 5.09. The van der Waals surface area contributed by atoms with Gasteiger partial charge in [-0.15, -0.1) is 0 Å². The van der Waals surface area contributed by atoms with Gasteiger partial charge in [-0.1, -0.05) is 60.7 Å². The second kappa shape index (κ2) is 9.43. The number of benzene rings is 2. The van der Waals surface area contributed by atoms with Crippen molar-refractivity contribution >= 4 is 17.9 Å². The van der Waals surface area contributed by atoms with E-state index in [1.807, 2.05) is 65.5 Å². The molecular weight excluding hydrogens is 388 g/mol. The molecule has 0 aliphatic carbocycles. The Labute approximate surface area is 182 Å². The van der Waals surface area contributed by atoms with Gasteiger partial charge in [-0.25, -0.2) is 0 Å². The Morgan fingerprint density at radius 3 is 2.16 bits per heavy atom. The van der Waals surface area contributed by atoms with Gasteiger partial charge in [-0.3, -0.25) is 14.3 Å². The molecule has 2 amide bonds. The first-order valence-corrected chi connectivity index (χ1v) is 10.5. The normalized spacial score (nSPS) is 14.2. The van der Waals surface area contributed by atoms with Crippen molar-refractivity contribution in [2.45, 2.75) is 13.5 Å². The van der Waals surface area contributed by atoms with Crippen molar-refractivity contribution in [1.29, 1.82) is 0 Å². The van der Waals surface area contributed by atoms with Crippen LogP contribution in [0.1, 0.15) is 18.1 Å². The molecule has 0 radical (unpaired) electrons.